The summed E-state index contributed by atoms with van der Waals surface area (Å²) >= 11 is 0. The number of anilines is 1. The van der Waals surface area contributed by atoms with Crippen LogP contribution in [0.1, 0.15) is 19.3 Å². The van der Waals surface area contributed by atoms with Crippen molar-refractivity contribution in [1.82, 2.24) is 10.3 Å². The lowest BCUT2D eigenvalue weighted by Gasteiger charge is -2.38. The van der Waals surface area contributed by atoms with E-state index in [9.17, 15) is 14.7 Å². The number of hydrogen-bond acceptors (Lipinski definition) is 3. The van der Waals surface area contributed by atoms with Crippen molar-refractivity contribution in [1.29, 1.82) is 0 Å². The van der Waals surface area contributed by atoms with Gasteiger partial charge in [0.1, 0.15) is 5.54 Å². The molecule has 6 nitrogen and oxygen atoms in total. The van der Waals surface area contributed by atoms with Gasteiger partial charge in [0.2, 0.25) is 0 Å². The number of fused-ring (bicyclic) bond motifs is 1. The van der Waals surface area contributed by atoms with E-state index in [1.54, 1.807) is 12.3 Å². The monoisotopic (exact) mass is 285 g/mol. The van der Waals surface area contributed by atoms with Crippen molar-refractivity contribution in [2.24, 2.45) is 0 Å². The SMILES string of the molecule is O=C(Nc1cnc2ccccc2c1)NC1(C(=O)O)CCC1. The highest BCUT2D eigenvalue weighted by atomic mass is 16.4. The summed E-state index contributed by atoms with van der Waals surface area (Å²) in [5.74, 6) is -0.986. The summed E-state index contributed by atoms with van der Waals surface area (Å²) in [5, 5.41) is 15.3. The van der Waals surface area contributed by atoms with Gasteiger partial charge in [-0.15, -0.1) is 0 Å². The van der Waals surface area contributed by atoms with Crippen LogP contribution in [0.3, 0.4) is 0 Å². The average molecular weight is 285 g/mol. The number of amides is 2. The van der Waals surface area contributed by atoms with Gasteiger partial charge < -0.3 is 15.7 Å². The molecule has 1 heterocycles. The molecule has 0 aliphatic heterocycles. The molecule has 108 valence electrons. The van der Waals surface area contributed by atoms with E-state index < -0.39 is 17.5 Å². The fourth-order valence-corrected chi connectivity index (χ4v) is 2.44. The fraction of sp³-hybridized carbons (Fsp3) is 0.267. The van der Waals surface area contributed by atoms with Crippen molar-refractivity contribution in [3.05, 3.63) is 36.5 Å². The highest BCUT2D eigenvalue weighted by molar-refractivity contribution is 5.95. The maximum atomic E-state index is 11.9. The first-order valence-electron chi connectivity index (χ1n) is 6.76. The number of carboxylic acids is 1. The van der Waals surface area contributed by atoms with E-state index in [0.717, 1.165) is 17.3 Å². The van der Waals surface area contributed by atoms with Gasteiger partial charge in [-0.25, -0.2) is 9.59 Å². The van der Waals surface area contributed by atoms with Crippen LogP contribution in [0.2, 0.25) is 0 Å². The second-order valence-corrected chi connectivity index (χ2v) is 5.24. The van der Waals surface area contributed by atoms with Crippen LogP contribution >= 0.6 is 0 Å². The van der Waals surface area contributed by atoms with Gasteiger partial charge in [0.05, 0.1) is 17.4 Å². The Labute approximate surface area is 121 Å². The van der Waals surface area contributed by atoms with E-state index >= 15 is 0 Å². The topological polar surface area (TPSA) is 91.3 Å². The number of nitrogens with zero attached hydrogens (tertiary/aromatic N) is 1. The highest BCUT2D eigenvalue weighted by Crippen LogP contribution is 2.32. The van der Waals surface area contributed by atoms with E-state index in [0.29, 0.717) is 18.5 Å². The molecule has 0 spiro atoms. The number of aliphatic carboxylic acids is 1. The Bertz CT molecular complexity index is 710. The summed E-state index contributed by atoms with van der Waals surface area (Å²) in [5.41, 5.74) is 0.254. The van der Waals surface area contributed by atoms with Gasteiger partial charge in [-0.2, -0.15) is 0 Å². The molecule has 1 aliphatic carbocycles. The zero-order chi connectivity index (χ0) is 14.9. The molecule has 0 atom stereocenters. The number of hydrogen-bond donors (Lipinski definition) is 3. The standard InChI is InChI=1S/C15H15N3O3/c19-13(20)15(6-3-7-15)18-14(21)17-11-8-10-4-1-2-5-12(10)16-9-11/h1-2,4-5,8-9H,3,6-7H2,(H,19,20)(H2,17,18,21). The van der Waals surface area contributed by atoms with E-state index in [1.165, 1.54) is 0 Å². The first kappa shape index (κ1) is 13.4. The quantitative estimate of drug-likeness (QED) is 0.807. The Morgan fingerprint density at radius 2 is 2.00 bits per heavy atom. The summed E-state index contributed by atoms with van der Waals surface area (Å²) < 4.78 is 0. The van der Waals surface area contributed by atoms with Crippen molar-refractivity contribution in [3.63, 3.8) is 0 Å². The van der Waals surface area contributed by atoms with Crippen molar-refractivity contribution in [2.45, 2.75) is 24.8 Å². The molecule has 2 aromatic rings. The molecule has 0 radical (unpaired) electrons. The summed E-state index contributed by atoms with van der Waals surface area (Å²) in [6, 6.07) is 8.84. The van der Waals surface area contributed by atoms with Gasteiger partial charge in [0, 0.05) is 5.39 Å². The van der Waals surface area contributed by atoms with Crippen LogP contribution < -0.4 is 10.6 Å². The summed E-state index contributed by atoms with van der Waals surface area (Å²) in [7, 11) is 0. The van der Waals surface area contributed by atoms with Crippen LogP contribution in [0.25, 0.3) is 10.9 Å². The van der Waals surface area contributed by atoms with Crippen molar-refractivity contribution < 1.29 is 14.7 Å². The molecule has 3 rings (SSSR count). The number of carbonyl (C=O) groups is 2. The number of nitrogens with one attached hydrogen (secondary N) is 2. The minimum atomic E-state index is -1.12. The number of pyridine rings is 1. The van der Waals surface area contributed by atoms with Gasteiger partial charge in [0.25, 0.3) is 0 Å². The van der Waals surface area contributed by atoms with Crippen molar-refractivity contribution in [3.8, 4) is 0 Å². The third-order valence-electron chi connectivity index (χ3n) is 3.82. The first-order valence-corrected chi connectivity index (χ1v) is 6.76. The van der Waals surface area contributed by atoms with Gasteiger partial charge >= 0.3 is 12.0 Å². The molecule has 1 saturated carbocycles. The summed E-state index contributed by atoms with van der Waals surface area (Å²) in [6.45, 7) is 0. The lowest BCUT2D eigenvalue weighted by atomic mass is 9.77. The van der Waals surface area contributed by atoms with Crippen molar-refractivity contribution in [2.75, 3.05) is 5.32 Å². The number of benzene rings is 1. The molecule has 2 amide bonds. The Balaban J connectivity index is 1.72. The molecule has 1 aromatic heterocycles. The fourth-order valence-electron chi connectivity index (χ4n) is 2.44. The molecule has 1 aromatic carbocycles. The number of carbonyl (C=O) groups excluding carboxylic acids is 1. The molecule has 6 heteroatoms. The predicted octanol–water partition coefficient (Wildman–Crippen LogP) is 2.36. The third kappa shape index (κ3) is 2.52. The predicted molar refractivity (Wildman–Crippen MR) is 78.1 cm³/mol. The minimum Gasteiger partial charge on any atom is -0.480 e. The molecule has 3 N–H and O–H groups in total. The largest absolute Gasteiger partial charge is 0.480 e. The second kappa shape index (κ2) is 5.05. The third-order valence-corrected chi connectivity index (χ3v) is 3.82. The number of rotatable bonds is 3. The van der Waals surface area contributed by atoms with Crippen LogP contribution in [0.5, 0.6) is 0 Å². The zero-order valence-corrected chi connectivity index (χ0v) is 11.3. The molecule has 0 bridgehead atoms. The molecule has 0 saturated heterocycles. The van der Waals surface area contributed by atoms with Crippen LogP contribution in [0, 0.1) is 0 Å². The maximum absolute atomic E-state index is 11.9. The average Bonchev–Trinajstić information content (AvgIpc) is 2.42. The van der Waals surface area contributed by atoms with Gasteiger partial charge in [-0.1, -0.05) is 18.2 Å². The van der Waals surface area contributed by atoms with Crippen LogP contribution in [-0.2, 0) is 4.79 Å². The Morgan fingerprint density at radius 3 is 2.67 bits per heavy atom. The normalized spacial score (nSPS) is 16.0. The molecule has 0 unspecified atom stereocenters. The Morgan fingerprint density at radius 1 is 1.24 bits per heavy atom. The number of para-hydroxylation sites is 1. The van der Waals surface area contributed by atoms with Gasteiger partial charge in [-0.3, -0.25) is 4.98 Å². The molecule has 1 fully saturated rings. The number of aromatic nitrogens is 1. The Hall–Kier alpha value is -2.63. The molecular formula is C15H15N3O3. The molecule has 21 heavy (non-hydrogen) atoms. The highest BCUT2D eigenvalue weighted by Gasteiger charge is 2.45. The lowest BCUT2D eigenvalue weighted by molar-refractivity contribution is -0.148. The van der Waals surface area contributed by atoms with Crippen LogP contribution in [0.15, 0.2) is 36.5 Å². The second-order valence-electron chi connectivity index (χ2n) is 5.24. The van der Waals surface area contributed by atoms with Crippen molar-refractivity contribution >= 4 is 28.6 Å². The number of carboxylic acid groups (broad SMARTS) is 1. The van der Waals surface area contributed by atoms with E-state index in [4.69, 9.17) is 0 Å². The van der Waals surface area contributed by atoms with Crippen LogP contribution in [0.4, 0.5) is 10.5 Å². The lowest BCUT2D eigenvalue weighted by Crippen LogP contribution is -2.60. The molecular weight excluding hydrogens is 270 g/mol. The smallest absolute Gasteiger partial charge is 0.329 e. The Kier molecular flexibility index (Phi) is 3.21. The molecule has 1 aliphatic rings. The zero-order valence-electron chi connectivity index (χ0n) is 11.3. The summed E-state index contributed by atoms with van der Waals surface area (Å²) in [4.78, 5) is 27.4. The first-order chi connectivity index (χ1) is 10.1. The van der Waals surface area contributed by atoms with E-state index in [-0.39, 0.29) is 0 Å². The maximum Gasteiger partial charge on any atom is 0.329 e. The summed E-state index contributed by atoms with van der Waals surface area (Å²) in [6.07, 6.45) is 3.29. The van der Waals surface area contributed by atoms with Crippen LogP contribution in [-0.4, -0.2) is 27.6 Å². The number of urea groups is 1. The van der Waals surface area contributed by atoms with Gasteiger partial charge in [-0.05, 0) is 31.4 Å². The van der Waals surface area contributed by atoms with Gasteiger partial charge in [0.15, 0.2) is 0 Å². The minimum absolute atomic E-state index is 0.464. The van der Waals surface area contributed by atoms with E-state index in [2.05, 4.69) is 15.6 Å². The van der Waals surface area contributed by atoms with E-state index in [1.807, 2.05) is 24.3 Å².